The van der Waals surface area contributed by atoms with Gasteiger partial charge in [-0.15, -0.1) is 0 Å². The number of hydrogen-bond donors (Lipinski definition) is 0. The number of Topliss-reactive ketones (excluding diaryl/α,β-unsaturated/α-hetero) is 1. The van der Waals surface area contributed by atoms with Crippen molar-refractivity contribution in [3.05, 3.63) is 47.0 Å². The fourth-order valence-electron chi connectivity index (χ4n) is 1.15. The minimum Gasteiger partial charge on any atom is -0.466 e. The van der Waals surface area contributed by atoms with Crippen molar-refractivity contribution in [2.75, 3.05) is 7.11 Å². The lowest BCUT2D eigenvalue weighted by Gasteiger charge is -2.03. The van der Waals surface area contributed by atoms with Crippen LogP contribution in [-0.4, -0.2) is 18.9 Å². The van der Waals surface area contributed by atoms with E-state index in [0.29, 0.717) is 10.6 Å². The van der Waals surface area contributed by atoms with Crippen molar-refractivity contribution in [3.8, 4) is 0 Å². The highest BCUT2D eigenvalue weighted by Crippen LogP contribution is 2.13. The van der Waals surface area contributed by atoms with E-state index in [1.54, 1.807) is 24.3 Å². The Hall–Kier alpha value is -1.61. The van der Waals surface area contributed by atoms with Gasteiger partial charge in [-0.1, -0.05) is 18.2 Å². The fraction of sp³-hybridized carbons (Fsp3) is 0.167. The molecule has 1 aromatic rings. The summed E-state index contributed by atoms with van der Waals surface area (Å²) >= 11 is 5.69. The molecule has 1 rings (SSSR count). The number of benzene rings is 1. The molecular weight excluding hydrogens is 228 g/mol. The molecular formula is C12H11ClO3. The predicted molar refractivity (Wildman–Crippen MR) is 61.6 cm³/mol. The van der Waals surface area contributed by atoms with E-state index in [-0.39, 0.29) is 17.8 Å². The van der Waals surface area contributed by atoms with Crippen molar-refractivity contribution in [1.82, 2.24) is 0 Å². The number of esters is 1. The van der Waals surface area contributed by atoms with Crippen LogP contribution in [0.2, 0.25) is 5.02 Å². The summed E-state index contributed by atoms with van der Waals surface area (Å²) in [7, 11) is 1.25. The second-order valence-electron chi connectivity index (χ2n) is 3.20. The molecule has 0 amide bonds. The molecule has 84 valence electrons. The smallest absolute Gasteiger partial charge is 0.333 e. The average molecular weight is 239 g/mol. The number of rotatable bonds is 4. The summed E-state index contributed by atoms with van der Waals surface area (Å²) in [5, 5.41) is 0.559. The third-order valence-corrected chi connectivity index (χ3v) is 2.27. The fourth-order valence-corrected chi connectivity index (χ4v) is 1.27. The minimum absolute atomic E-state index is 0.0473. The standard InChI is InChI=1S/C12H11ClO3/c1-8(12(15)16-2)7-11(14)9-3-5-10(13)6-4-9/h3-6H,1,7H2,2H3. The Labute approximate surface area is 98.7 Å². The SMILES string of the molecule is C=C(CC(=O)c1ccc(Cl)cc1)C(=O)OC. The zero-order valence-electron chi connectivity index (χ0n) is 8.83. The first-order valence-corrected chi connectivity index (χ1v) is 4.97. The topological polar surface area (TPSA) is 43.4 Å². The molecule has 0 aliphatic carbocycles. The quantitative estimate of drug-likeness (QED) is 0.460. The van der Waals surface area contributed by atoms with Gasteiger partial charge < -0.3 is 4.74 Å². The monoisotopic (exact) mass is 238 g/mol. The van der Waals surface area contributed by atoms with Crippen molar-refractivity contribution in [2.24, 2.45) is 0 Å². The van der Waals surface area contributed by atoms with E-state index >= 15 is 0 Å². The average Bonchev–Trinajstić information content (AvgIpc) is 2.28. The van der Waals surface area contributed by atoms with Crippen molar-refractivity contribution in [1.29, 1.82) is 0 Å². The Kier molecular flexibility index (Phi) is 4.26. The van der Waals surface area contributed by atoms with E-state index in [9.17, 15) is 9.59 Å². The van der Waals surface area contributed by atoms with Crippen molar-refractivity contribution in [3.63, 3.8) is 0 Å². The zero-order chi connectivity index (χ0) is 12.1. The van der Waals surface area contributed by atoms with Crippen LogP contribution in [0, 0.1) is 0 Å². The molecule has 1 aromatic carbocycles. The first-order chi connectivity index (χ1) is 7.54. The van der Waals surface area contributed by atoms with E-state index in [4.69, 9.17) is 11.6 Å². The first kappa shape index (κ1) is 12.5. The highest BCUT2D eigenvalue weighted by molar-refractivity contribution is 6.30. The summed E-state index contributed by atoms with van der Waals surface area (Å²) in [5.74, 6) is -0.755. The Morgan fingerprint density at radius 1 is 1.31 bits per heavy atom. The van der Waals surface area contributed by atoms with Gasteiger partial charge in [-0.25, -0.2) is 4.79 Å². The number of carbonyl (C=O) groups is 2. The van der Waals surface area contributed by atoms with Gasteiger partial charge in [0.05, 0.1) is 7.11 Å². The van der Waals surface area contributed by atoms with E-state index in [0.717, 1.165) is 0 Å². The molecule has 0 aromatic heterocycles. The molecule has 0 atom stereocenters. The third-order valence-electron chi connectivity index (χ3n) is 2.01. The molecule has 0 bridgehead atoms. The molecule has 0 heterocycles. The van der Waals surface area contributed by atoms with E-state index < -0.39 is 5.97 Å². The molecule has 0 saturated heterocycles. The van der Waals surface area contributed by atoms with Gasteiger partial charge in [-0.05, 0) is 24.3 Å². The first-order valence-electron chi connectivity index (χ1n) is 4.59. The van der Waals surface area contributed by atoms with Crippen LogP contribution in [0.1, 0.15) is 16.8 Å². The molecule has 0 radical (unpaired) electrons. The molecule has 0 aliphatic heterocycles. The second-order valence-corrected chi connectivity index (χ2v) is 3.64. The summed E-state index contributed by atoms with van der Waals surface area (Å²) in [4.78, 5) is 22.7. The van der Waals surface area contributed by atoms with Gasteiger partial charge in [-0.3, -0.25) is 4.79 Å². The van der Waals surface area contributed by atoms with Crippen LogP contribution in [0.3, 0.4) is 0 Å². The zero-order valence-corrected chi connectivity index (χ0v) is 9.58. The lowest BCUT2D eigenvalue weighted by Crippen LogP contribution is -2.09. The highest BCUT2D eigenvalue weighted by atomic mass is 35.5. The summed E-state index contributed by atoms with van der Waals surface area (Å²) < 4.78 is 4.46. The van der Waals surface area contributed by atoms with Crippen molar-refractivity contribution in [2.45, 2.75) is 6.42 Å². The van der Waals surface area contributed by atoms with Gasteiger partial charge in [0, 0.05) is 22.6 Å². The molecule has 0 spiro atoms. The van der Waals surface area contributed by atoms with Gasteiger partial charge in [0.15, 0.2) is 5.78 Å². The summed E-state index contributed by atoms with van der Waals surface area (Å²) in [6.07, 6.45) is -0.0473. The number of carbonyl (C=O) groups excluding carboxylic acids is 2. The number of hydrogen-bond acceptors (Lipinski definition) is 3. The predicted octanol–water partition coefficient (Wildman–Crippen LogP) is 2.64. The lowest BCUT2D eigenvalue weighted by atomic mass is 10.0. The van der Waals surface area contributed by atoms with Gasteiger partial charge >= 0.3 is 5.97 Å². The van der Waals surface area contributed by atoms with E-state index in [1.807, 2.05) is 0 Å². The molecule has 4 heteroatoms. The molecule has 0 fully saturated rings. The molecule has 3 nitrogen and oxygen atoms in total. The maximum absolute atomic E-state index is 11.7. The van der Waals surface area contributed by atoms with Gasteiger partial charge in [0.25, 0.3) is 0 Å². The van der Waals surface area contributed by atoms with Crippen molar-refractivity contribution >= 4 is 23.4 Å². The van der Waals surface area contributed by atoms with Crippen LogP contribution in [0.5, 0.6) is 0 Å². The van der Waals surface area contributed by atoms with Gasteiger partial charge in [-0.2, -0.15) is 0 Å². The Morgan fingerprint density at radius 3 is 2.38 bits per heavy atom. The third kappa shape index (κ3) is 3.21. The van der Waals surface area contributed by atoms with Crippen LogP contribution in [0.4, 0.5) is 0 Å². The number of ketones is 1. The normalized spacial score (nSPS) is 9.62. The number of halogens is 1. The lowest BCUT2D eigenvalue weighted by molar-refractivity contribution is -0.136. The summed E-state index contributed by atoms with van der Waals surface area (Å²) in [6.45, 7) is 3.49. The Morgan fingerprint density at radius 2 is 1.88 bits per heavy atom. The maximum Gasteiger partial charge on any atom is 0.333 e. The minimum atomic E-state index is -0.567. The number of methoxy groups -OCH3 is 1. The largest absolute Gasteiger partial charge is 0.466 e. The van der Waals surface area contributed by atoms with Gasteiger partial charge in [0.2, 0.25) is 0 Å². The van der Waals surface area contributed by atoms with Crippen LogP contribution in [0.15, 0.2) is 36.4 Å². The van der Waals surface area contributed by atoms with Crippen LogP contribution in [-0.2, 0) is 9.53 Å². The molecule has 0 unspecified atom stereocenters. The molecule has 0 aliphatic rings. The second kappa shape index (κ2) is 5.47. The molecule has 0 saturated carbocycles. The number of ether oxygens (including phenoxy) is 1. The van der Waals surface area contributed by atoms with Crippen molar-refractivity contribution < 1.29 is 14.3 Å². The molecule has 16 heavy (non-hydrogen) atoms. The summed E-state index contributed by atoms with van der Waals surface area (Å²) in [6, 6.07) is 6.45. The maximum atomic E-state index is 11.7. The Bertz CT molecular complexity index is 420. The van der Waals surface area contributed by atoms with E-state index in [2.05, 4.69) is 11.3 Å². The van der Waals surface area contributed by atoms with Crippen LogP contribution >= 0.6 is 11.6 Å². The highest BCUT2D eigenvalue weighted by Gasteiger charge is 2.13. The van der Waals surface area contributed by atoms with Gasteiger partial charge in [0.1, 0.15) is 0 Å². The van der Waals surface area contributed by atoms with E-state index in [1.165, 1.54) is 7.11 Å². The molecule has 0 N–H and O–H groups in total. The Balaban J connectivity index is 2.69. The van der Waals surface area contributed by atoms with Crippen LogP contribution in [0.25, 0.3) is 0 Å². The summed E-state index contributed by atoms with van der Waals surface area (Å²) in [5.41, 5.74) is 0.636. The van der Waals surface area contributed by atoms with Crippen LogP contribution < -0.4 is 0 Å².